The van der Waals surface area contributed by atoms with Gasteiger partial charge in [-0.1, -0.05) is 11.5 Å². The number of aromatic amines is 1. The van der Waals surface area contributed by atoms with Crippen LogP contribution in [0.1, 0.15) is 65.3 Å². The van der Waals surface area contributed by atoms with Gasteiger partial charge in [0.2, 0.25) is 0 Å². The highest BCUT2D eigenvalue weighted by molar-refractivity contribution is 6.33. The van der Waals surface area contributed by atoms with E-state index < -0.39 is 0 Å². The van der Waals surface area contributed by atoms with Crippen molar-refractivity contribution >= 4 is 24.9 Å². The highest BCUT2D eigenvalue weighted by atomic mass is 16.1. The monoisotopic (exact) mass is 448 g/mol. The van der Waals surface area contributed by atoms with E-state index >= 15 is 0 Å². The van der Waals surface area contributed by atoms with Crippen molar-refractivity contribution in [2.45, 2.75) is 72.0 Å². The summed E-state index contributed by atoms with van der Waals surface area (Å²) in [6, 6.07) is 6.71. The molecule has 2 aromatic rings. The molecule has 0 unspecified atom stereocenters. The molecule has 0 spiro atoms. The lowest BCUT2D eigenvalue weighted by Gasteiger charge is -2.40. The molecular weight excluding hydrogens is 411 g/mol. The number of nitrogens with one attached hydrogen (secondary N) is 2. The smallest absolute Gasteiger partial charge is 0.253 e. The molecule has 7 heteroatoms. The van der Waals surface area contributed by atoms with E-state index in [2.05, 4.69) is 41.1 Å². The molecule has 2 radical (unpaired) electrons. The quantitative estimate of drug-likeness (QED) is 0.640. The minimum absolute atomic E-state index is 0.164. The van der Waals surface area contributed by atoms with Gasteiger partial charge in [0.15, 0.2) is 0 Å². The molecule has 33 heavy (non-hydrogen) atoms. The van der Waals surface area contributed by atoms with Gasteiger partial charge in [-0.15, -0.1) is 0 Å². The average molecular weight is 448 g/mol. The fourth-order valence-electron chi connectivity index (χ4n) is 5.13. The van der Waals surface area contributed by atoms with Gasteiger partial charge >= 0.3 is 0 Å². The molecule has 1 aliphatic rings. The van der Waals surface area contributed by atoms with Crippen LogP contribution in [-0.2, 0) is 6.54 Å². The third-order valence-electron chi connectivity index (χ3n) is 7.05. The number of carbonyl (C=O) groups excluding carboxylic acids is 1. The number of hydrogen-bond donors (Lipinski definition) is 2. The van der Waals surface area contributed by atoms with E-state index in [1.165, 1.54) is 12.8 Å². The fraction of sp³-hybridized carbons (Fsp3) is 0.538. The number of H-pyrrole nitrogens is 1. The Morgan fingerprint density at radius 1 is 1.09 bits per heavy atom. The molecule has 1 amide bonds. The number of nitrogens with zero attached hydrogens (tertiary/aromatic N) is 2. The molecule has 1 saturated carbocycles. The molecule has 1 fully saturated rings. The number of anilines is 1. The number of hydrogen-bond acceptors (Lipinski definition) is 4. The maximum absolute atomic E-state index is 13.1. The van der Waals surface area contributed by atoms with Crippen LogP contribution in [0.3, 0.4) is 0 Å². The Morgan fingerprint density at radius 3 is 2.30 bits per heavy atom. The number of pyridine rings is 1. The van der Waals surface area contributed by atoms with Crippen molar-refractivity contribution in [2.24, 2.45) is 0 Å². The van der Waals surface area contributed by atoms with Gasteiger partial charge in [-0.05, 0) is 90.7 Å². The van der Waals surface area contributed by atoms with Gasteiger partial charge in [0.05, 0.1) is 0 Å². The largest absolute Gasteiger partial charge is 0.369 e. The van der Waals surface area contributed by atoms with Crippen LogP contribution in [-0.4, -0.2) is 56.4 Å². The topological polar surface area (TPSA) is 68.4 Å². The zero-order chi connectivity index (χ0) is 24.3. The van der Waals surface area contributed by atoms with E-state index in [1.54, 1.807) is 6.07 Å². The number of benzene rings is 1. The average Bonchev–Trinajstić information content (AvgIpc) is 2.75. The summed E-state index contributed by atoms with van der Waals surface area (Å²) in [5.41, 5.74) is 5.17. The van der Waals surface area contributed by atoms with Crippen molar-refractivity contribution in [1.29, 1.82) is 0 Å². The summed E-state index contributed by atoms with van der Waals surface area (Å²) < 4.78 is 0. The van der Waals surface area contributed by atoms with Gasteiger partial charge in [0.25, 0.3) is 11.5 Å². The molecule has 1 heterocycles. The van der Waals surface area contributed by atoms with E-state index in [0.717, 1.165) is 41.9 Å². The molecule has 1 aliphatic carbocycles. The highest BCUT2D eigenvalue weighted by Gasteiger charge is 2.28. The Kier molecular flexibility index (Phi) is 8.06. The van der Waals surface area contributed by atoms with Crippen molar-refractivity contribution in [2.75, 3.05) is 25.5 Å². The number of carbonyl (C=O) groups is 1. The standard InChI is InChI=1S/C26H37BN4O2/c1-7-31(21-10-8-20(9-11-21)30(5)6)24-14-19(27)13-22(18(24)4)25(32)28-15-23-16(2)12-17(3)29-26(23)33/h12-14,20-21H,7-11,15H2,1-6H3,(H,28,32)(H,29,33). The van der Waals surface area contributed by atoms with Crippen LogP contribution >= 0.6 is 0 Å². The summed E-state index contributed by atoms with van der Waals surface area (Å²) in [5, 5.41) is 2.93. The Labute approximate surface area is 199 Å². The summed E-state index contributed by atoms with van der Waals surface area (Å²) in [5.74, 6) is -0.215. The van der Waals surface area contributed by atoms with Crippen molar-refractivity contribution in [1.82, 2.24) is 15.2 Å². The Balaban J connectivity index is 1.81. The van der Waals surface area contributed by atoms with Crippen molar-refractivity contribution < 1.29 is 4.79 Å². The fourth-order valence-corrected chi connectivity index (χ4v) is 5.13. The van der Waals surface area contributed by atoms with E-state index in [9.17, 15) is 9.59 Å². The SMILES string of the molecule is [B]c1cc(C(=O)NCc2c(C)cc(C)[nH]c2=O)c(C)c(N(CC)C2CCC(N(C)C)CC2)c1. The first-order valence-electron chi connectivity index (χ1n) is 11.9. The summed E-state index contributed by atoms with van der Waals surface area (Å²) in [7, 11) is 10.6. The molecule has 0 aliphatic heterocycles. The molecule has 2 N–H and O–H groups in total. The second kappa shape index (κ2) is 10.6. The number of amides is 1. The number of rotatable bonds is 7. The van der Waals surface area contributed by atoms with Crippen LogP contribution in [0.25, 0.3) is 0 Å². The molecule has 0 atom stereocenters. The molecule has 6 nitrogen and oxygen atoms in total. The predicted octanol–water partition coefficient (Wildman–Crippen LogP) is 2.72. The molecule has 0 bridgehead atoms. The third kappa shape index (κ3) is 5.70. The van der Waals surface area contributed by atoms with E-state index in [1.807, 2.05) is 32.9 Å². The van der Waals surface area contributed by atoms with Gasteiger partial charge in [-0.25, -0.2) is 0 Å². The zero-order valence-electron chi connectivity index (χ0n) is 20.9. The van der Waals surface area contributed by atoms with E-state index in [0.29, 0.717) is 28.7 Å². The van der Waals surface area contributed by atoms with Gasteiger partial charge in [0, 0.05) is 47.7 Å². The number of aryl methyl sites for hydroxylation is 2. The van der Waals surface area contributed by atoms with Gasteiger partial charge in [-0.2, -0.15) is 0 Å². The molecule has 1 aromatic carbocycles. The third-order valence-corrected chi connectivity index (χ3v) is 7.05. The van der Waals surface area contributed by atoms with Gasteiger partial charge < -0.3 is 20.1 Å². The predicted molar refractivity (Wildman–Crippen MR) is 137 cm³/mol. The second-order valence-corrected chi connectivity index (χ2v) is 9.55. The van der Waals surface area contributed by atoms with Gasteiger partial charge in [-0.3, -0.25) is 9.59 Å². The van der Waals surface area contributed by atoms with Gasteiger partial charge in [0.1, 0.15) is 7.85 Å². The lowest BCUT2D eigenvalue weighted by Crippen LogP contribution is -2.43. The lowest BCUT2D eigenvalue weighted by molar-refractivity contribution is 0.0950. The maximum Gasteiger partial charge on any atom is 0.253 e. The first kappa shape index (κ1) is 25.1. The van der Waals surface area contributed by atoms with Crippen molar-refractivity contribution in [3.8, 4) is 0 Å². The molecule has 176 valence electrons. The maximum atomic E-state index is 13.1. The van der Waals surface area contributed by atoms with Crippen LogP contribution in [0.5, 0.6) is 0 Å². The first-order valence-corrected chi connectivity index (χ1v) is 11.9. The Hall–Kier alpha value is -2.54. The van der Waals surface area contributed by atoms with Crippen LogP contribution in [0.15, 0.2) is 23.0 Å². The van der Waals surface area contributed by atoms with E-state index in [4.69, 9.17) is 7.85 Å². The van der Waals surface area contributed by atoms with Crippen LogP contribution in [0, 0.1) is 20.8 Å². The van der Waals surface area contributed by atoms with Crippen molar-refractivity contribution in [3.05, 3.63) is 56.5 Å². The molecular formula is C26H37BN4O2. The molecule has 1 aromatic heterocycles. The minimum atomic E-state index is -0.215. The highest BCUT2D eigenvalue weighted by Crippen LogP contribution is 2.31. The Bertz CT molecular complexity index is 1050. The second-order valence-electron chi connectivity index (χ2n) is 9.55. The van der Waals surface area contributed by atoms with Crippen LogP contribution < -0.4 is 21.2 Å². The summed E-state index contributed by atoms with van der Waals surface area (Å²) >= 11 is 0. The first-order chi connectivity index (χ1) is 15.6. The summed E-state index contributed by atoms with van der Waals surface area (Å²) in [4.78, 5) is 33.0. The molecule has 3 rings (SSSR count). The normalized spacial score (nSPS) is 18.4. The lowest BCUT2D eigenvalue weighted by atomic mass is 9.87. The van der Waals surface area contributed by atoms with Crippen LogP contribution in [0.2, 0.25) is 0 Å². The summed E-state index contributed by atoms with van der Waals surface area (Å²) in [6.07, 6.45) is 4.60. The van der Waals surface area contributed by atoms with Crippen LogP contribution in [0.4, 0.5) is 5.69 Å². The Morgan fingerprint density at radius 2 is 1.73 bits per heavy atom. The number of aromatic nitrogens is 1. The molecule has 0 saturated heterocycles. The minimum Gasteiger partial charge on any atom is -0.369 e. The van der Waals surface area contributed by atoms with E-state index in [-0.39, 0.29) is 18.0 Å². The summed E-state index contributed by atoms with van der Waals surface area (Å²) in [6.45, 7) is 8.92. The zero-order valence-corrected chi connectivity index (χ0v) is 20.9. The van der Waals surface area contributed by atoms with Crippen molar-refractivity contribution in [3.63, 3.8) is 0 Å².